The molecule has 1 aromatic heterocycles. The highest BCUT2D eigenvalue weighted by Crippen LogP contribution is 2.22. The number of benzene rings is 1. The Morgan fingerprint density at radius 2 is 2.15 bits per heavy atom. The van der Waals surface area contributed by atoms with Gasteiger partial charge in [-0.2, -0.15) is 0 Å². The Morgan fingerprint density at radius 1 is 1.30 bits per heavy atom. The van der Waals surface area contributed by atoms with E-state index in [0.29, 0.717) is 5.92 Å². The van der Waals surface area contributed by atoms with Gasteiger partial charge in [-0.15, -0.1) is 11.3 Å². The Bertz CT molecular complexity index is 532. The summed E-state index contributed by atoms with van der Waals surface area (Å²) in [5, 5.41) is 7.03. The third-order valence-electron chi connectivity index (χ3n) is 3.99. The SMILES string of the molecule is Cc1ccccc1CC(CNC1CC1)Cc1nccs1. The van der Waals surface area contributed by atoms with Crippen LogP contribution < -0.4 is 5.32 Å². The number of hydrogen-bond donors (Lipinski definition) is 1. The highest BCUT2D eigenvalue weighted by atomic mass is 32.1. The number of hydrogen-bond acceptors (Lipinski definition) is 3. The van der Waals surface area contributed by atoms with E-state index in [-0.39, 0.29) is 0 Å². The van der Waals surface area contributed by atoms with Gasteiger partial charge in [-0.25, -0.2) is 4.98 Å². The Kier molecular flexibility index (Phi) is 4.48. The molecular weight excluding hydrogens is 264 g/mol. The number of aryl methyl sites for hydroxylation is 1. The van der Waals surface area contributed by atoms with Crippen molar-refractivity contribution in [2.24, 2.45) is 5.92 Å². The highest BCUT2D eigenvalue weighted by molar-refractivity contribution is 7.09. The van der Waals surface area contributed by atoms with Crippen molar-refractivity contribution in [3.05, 3.63) is 52.0 Å². The molecule has 106 valence electrons. The van der Waals surface area contributed by atoms with Gasteiger partial charge in [-0.3, -0.25) is 0 Å². The van der Waals surface area contributed by atoms with Crippen LogP contribution in [0.3, 0.4) is 0 Å². The zero-order valence-corrected chi connectivity index (χ0v) is 12.8. The molecule has 3 heteroatoms. The van der Waals surface area contributed by atoms with Crippen LogP contribution in [-0.2, 0) is 12.8 Å². The number of nitrogens with one attached hydrogen (secondary N) is 1. The third-order valence-corrected chi connectivity index (χ3v) is 4.79. The fourth-order valence-corrected chi connectivity index (χ4v) is 3.32. The molecule has 0 bridgehead atoms. The monoisotopic (exact) mass is 286 g/mol. The van der Waals surface area contributed by atoms with Gasteiger partial charge < -0.3 is 5.32 Å². The summed E-state index contributed by atoms with van der Waals surface area (Å²) >= 11 is 1.78. The predicted octanol–water partition coefficient (Wildman–Crippen LogP) is 3.60. The fraction of sp³-hybridized carbons (Fsp3) is 0.471. The molecule has 20 heavy (non-hydrogen) atoms. The molecule has 1 unspecified atom stereocenters. The maximum absolute atomic E-state index is 4.45. The second kappa shape index (κ2) is 6.51. The van der Waals surface area contributed by atoms with Gasteiger partial charge in [0.1, 0.15) is 0 Å². The molecule has 1 aliphatic rings. The van der Waals surface area contributed by atoms with Gasteiger partial charge in [0.25, 0.3) is 0 Å². The molecule has 0 aliphatic heterocycles. The first-order valence-corrected chi connectivity index (χ1v) is 8.35. The minimum absolute atomic E-state index is 0.642. The van der Waals surface area contributed by atoms with Crippen molar-refractivity contribution in [1.82, 2.24) is 10.3 Å². The number of thiazole rings is 1. The summed E-state index contributed by atoms with van der Waals surface area (Å²) in [6.07, 6.45) is 6.86. The highest BCUT2D eigenvalue weighted by Gasteiger charge is 2.22. The first-order valence-electron chi connectivity index (χ1n) is 7.47. The predicted molar refractivity (Wildman–Crippen MR) is 85.2 cm³/mol. The summed E-state index contributed by atoms with van der Waals surface area (Å²) in [7, 11) is 0. The Hall–Kier alpha value is -1.19. The molecule has 0 saturated heterocycles. The van der Waals surface area contributed by atoms with Gasteiger partial charge in [-0.05, 0) is 49.8 Å². The lowest BCUT2D eigenvalue weighted by Crippen LogP contribution is -2.27. The van der Waals surface area contributed by atoms with E-state index in [2.05, 4.69) is 46.9 Å². The minimum Gasteiger partial charge on any atom is -0.314 e. The van der Waals surface area contributed by atoms with Gasteiger partial charge in [0.15, 0.2) is 0 Å². The fourth-order valence-electron chi connectivity index (χ4n) is 2.59. The van der Waals surface area contributed by atoms with Crippen LogP contribution in [0.15, 0.2) is 35.8 Å². The van der Waals surface area contributed by atoms with E-state index < -0.39 is 0 Å². The first kappa shape index (κ1) is 13.8. The molecule has 3 rings (SSSR count). The van der Waals surface area contributed by atoms with Crippen LogP contribution in [0.5, 0.6) is 0 Å². The molecule has 0 radical (unpaired) electrons. The largest absolute Gasteiger partial charge is 0.314 e. The quantitative estimate of drug-likeness (QED) is 0.841. The molecule has 0 amide bonds. The van der Waals surface area contributed by atoms with Gasteiger partial charge >= 0.3 is 0 Å². The van der Waals surface area contributed by atoms with Crippen molar-refractivity contribution >= 4 is 11.3 Å². The molecule has 1 aliphatic carbocycles. The zero-order chi connectivity index (χ0) is 13.8. The van der Waals surface area contributed by atoms with Crippen LogP contribution >= 0.6 is 11.3 Å². The van der Waals surface area contributed by atoms with Crippen molar-refractivity contribution in [2.45, 2.75) is 38.6 Å². The molecule has 1 atom stereocenters. The Labute approximate surface area is 125 Å². The van der Waals surface area contributed by atoms with Crippen LogP contribution in [0, 0.1) is 12.8 Å². The smallest absolute Gasteiger partial charge is 0.0928 e. The standard InChI is InChI=1S/C17H22N2S/c1-13-4-2-3-5-15(13)10-14(12-19-16-6-7-16)11-17-18-8-9-20-17/h2-5,8-9,14,16,19H,6-7,10-12H2,1H3. The van der Waals surface area contributed by atoms with Crippen molar-refractivity contribution in [3.63, 3.8) is 0 Å². The van der Waals surface area contributed by atoms with Crippen LogP contribution in [0.4, 0.5) is 0 Å². The van der Waals surface area contributed by atoms with E-state index >= 15 is 0 Å². The Morgan fingerprint density at radius 3 is 2.85 bits per heavy atom. The van der Waals surface area contributed by atoms with Gasteiger partial charge in [0.2, 0.25) is 0 Å². The van der Waals surface area contributed by atoms with Crippen molar-refractivity contribution < 1.29 is 0 Å². The third kappa shape index (κ3) is 3.90. The van der Waals surface area contributed by atoms with Crippen LogP contribution in [-0.4, -0.2) is 17.6 Å². The lowest BCUT2D eigenvalue weighted by molar-refractivity contribution is 0.467. The summed E-state index contributed by atoms with van der Waals surface area (Å²) < 4.78 is 0. The number of aromatic nitrogens is 1. The summed E-state index contributed by atoms with van der Waals surface area (Å²) in [6, 6.07) is 9.53. The van der Waals surface area contributed by atoms with Crippen molar-refractivity contribution in [3.8, 4) is 0 Å². The van der Waals surface area contributed by atoms with E-state index in [1.807, 2.05) is 6.20 Å². The maximum Gasteiger partial charge on any atom is 0.0928 e. The van der Waals surface area contributed by atoms with E-state index in [1.54, 1.807) is 11.3 Å². The number of rotatable bonds is 7. The molecule has 1 N–H and O–H groups in total. The normalized spacial score (nSPS) is 16.2. The van der Waals surface area contributed by atoms with Crippen LogP contribution in [0.25, 0.3) is 0 Å². The van der Waals surface area contributed by atoms with Crippen molar-refractivity contribution in [1.29, 1.82) is 0 Å². The van der Waals surface area contributed by atoms with Crippen molar-refractivity contribution in [2.75, 3.05) is 6.54 Å². The second-order valence-corrected chi connectivity index (χ2v) is 6.79. The van der Waals surface area contributed by atoms with E-state index in [0.717, 1.165) is 25.4 Å². The molecule has 0 spiro atoms. The van der Waals surface area contributed by atoms with E-state index in [1.165, 1.54) is 29.0 Å². The number of nitrogens with zero attached hydrogens (tertiary/aromatic N) is 1. The average molecular weight is 286 g/mol. The lowest BCUT2D eigenvalue weighted by atomic mass is 9.93. The zero-order valence-electron chi connectivity index (χ0n) is 12.0. The van der Waals surface area contributed by atoms with E-state index in [4.69, 9.17) is 0 Å². The van der Waals surface area contributed by atoms with Gasteiger partial charge in [-0.1, -0.05) is 24.3 Å². The van der Waals surface area contributed by atoms with E-state index in [9.17, 15) is 0 Å². The topological polar surface area (TPSA) is 24.9 Å². The molecule has 2 nitrogen and oxygen atoms in total. The van der Waals surface area contributed by atoms with Crippen LogP contribution in [0.2, 0.25) is 0 Å². The minimum atomic E-state index is 0.642. The summed E-state index contributed by atoms with van der Waals surface area (Å²) in [5.41, 5.74) is 2.88. The molecule has 2 aromatic rings. The average Bonchev–Trinajstić information content (AvgIpc) is 3.15. The first-order chi connectivity index (χ1) is 9.81. The lowest BCUT2D eigenvalue weighted by Gasteiger charge is -2.18. The molecular formula is C17H22N2S. The Balaban J connectivity index is 1.65. The molecule has 1 fully saturated rings. The molecule has 1 saturated carbocycles. The summed E-state index contributed by atoms with van der Waals surface area (Å²) in [5.74, 6) is 0.642. The van der Waals surface area contributed by atoms with Gasteiger partial charge in [0.05, 0.1) is 5.01 Å². The van der Waals surface area contributed by atoms with Gasteiger partial charge in [0, 0.05) is 24.0 Å². The maximum atomic E-state index is 4.45. The summed E-state index contributed by atoms with van der Waals surface area (Å²) in [6.45, 7) is 3.32. The molecule has 1 heterocycles. The van der Waals surface area contributed by atoms with Crippen LogP contribution in [0.1, 0.15) is 29.0 Å². The second-order valence-electron chi connectivity index (χ2n) is 5.81. The summed E-state index contributed by atoms with van der Waals surface area (Å²) in [4.78, 5) is 4.45. The molecule has 1 aromatic carbocycles.